The van der Waals surface area contributed by atoms with Gasteiger partial charge in [0.25, 0.3) is 0 Å². The highest BCUT2D eigenvalue weighted by Crippen LogP contribution is 2.29. The number of amides is 1. The number of nitrogens with one attached hydrogen (secondary N) is 1. The molecule has 0 aliphatic carbocycles. The Morgan fingerprint density at radius 2 is 2.00 bits per heavy atom. The zero-order valence-electron chi connectivity index (χ0n) is 16.2. The van der Waals surface area contributed by atoms with E-state index in [-0.39, 0.29) is 18.4 Å². The number of ether oxygens (including phenoxy) is 2. The van der Waals surface area contributed by atoms with Crippen molar-refractivity contribution in [2.24, 2.45) is 0 Å². The number of carbonyl (C=O) groups excluding carboxylic acids is 1. The van der Waals surface area contributed by atoms with Gasteiger partial charge in [-0.2, -0.15) is 0 Å². The lowest BCUT2D eigenvalue weighted by Gasteiger charge is -2.32. The first-order chi connectivity index (χ1) is 13.1. The van der Waals surface area contributed by atoms with Crippen LogP contribution in [0.1, 0.15) is 30.1 Å². The number of hydrogen-bond donors (Lipinski definition) is 1. The van der Waals surface area contributed by atoms with Crippen molar-refractivity contribution >= 4 is 17.3 Å². The fraction of sp³-hybridized carbons (Fsp3) is 0.429. The molecule has 6 heteroatoms. The third-order valence-electron chi connectivity index (χ3n) is 4.81. The third kappa shape index (κ3) is 4.98. The molecule has 1 aliphatic heterocycles. The molecule has 0 radical (unpaired) electrons. The lowest BCUT2D eigenvalue weighted by molar-refractivity contribution is -0.136. The van der Waals surface area contributed by atoms with Gasteiger partial charge in [-0.1, -0.05) is 0 Å². The van der Waals surface area contributed by atoms with Crippen molar-refractivity contribution in [2.45, 2.75) is 25.7 Å². The van der Waals surface area contributed by atoms with Gasteiger partial charge in [0.2, 0.25) is 5.91 Å². The standard InChI is InChI=1S/C21H27N3O3/c1-15-11-18(23-17-6-8-19(27-3)9-7-17)12-20(22-15)16-5-4-10-24(13-16)21(25)14-26-2/h6-9,11-12,16H,4-5,10,13-14H2,1-3H3,(H,22,23)/t16-/m1/s1. The largest absolute Gasteiger partial charge is 0.497 e. The van der Waals surface area contributed by atoms with E-state index >= 15 is 0 Å². The highest BCUT2D eigenvalue weighted by Gasteiger charge is 2.25. The zero-order valence-corrected chi connectivity index (χ0v) is 16.2. The van der Waals surface area contributed by atoms with Gasteiger partial charge in [0.1, 0.15) is 12.4 Å². The monoisotopic (exact) mass is 369 g/mol. The quantitative estimate of drug-likeness (QED) is 0.844. The van der Waals surface area contributed by atoms with Gasteiger partial charge in [-0.3, -0.25) is 9.78 Å². The van der Waals surface area contributed by atoms with Crippen molar-refractivity contribution in [1.29, 1.82) is 0 Å². The third-order valence-corrected chi connectivity index (χ3v) is 4.81. The first-order valence-electron chi connectivity index (χ1n) is 9.25. The molecule has 1 atom stereocenters. The summed E-state index contributed by atoms with van der Waals surface area (Å²) in [6, 6.07) is 12.0. The predicted molar refractivity (Wildman–Crippen MR) is 106 cm³/mol. The molecule has 2 heterocycles. The molecule has 1 N–H and O–H groups in total. The van der Waals surface area contributed by atoms with Crippen LogP contribution in [0.5, 0.6) is 5.75 Å². The molecule has 6 nitrogen and oxygen atoms in total. The van der Waals surface area contributed by atoms with Crippen molar-refractivity contribution < 1.29 is 14.3 Å². The van der Waals surface area contributed by atoms with E-state index in [0.29, 0.717) is 6.54 Å². The summed E-state index contributed by atoms with van der Waals surface area (Å²) in [7, 11) is 3.21. The predicted octanol–water partition coefficient (Wildman–Crippen LogP) is 3.49. The van der Waals surface area contributed by atoms with Crippen LogP contribution in [0, 0.1) is 6.92 Å². The molecule has 1 amide bonds. The molecule has 1 saturated heterocycles. The Morgan fingerprint density at radius 3 is 2.70 bits per heavy atom. The Hall–Kier alpha value is -2.60. The van der Waals surface area contributed by atoms with E-state index in [1.807, 2.05) is 42.2 Å². The molecule has 1 aliphatic rings. The SMILES string of the molecule is COCC(=O)N1CCC[C@@H](c2cc(Nc3ccc(OC)cc3)cc(C)n2)C1. The number of aromatic nitrogens is 1. The van der Waals surface area contributed by atoms with Crippen LogP contribution in [0.15, 0.2) is 36.4 Å². The van der Waals surface area contributed by atoms with Gasteiger partial charge < -0.3 is 19.7 Å². The first kappa shape index (κ1) is 19.2. The van der Waals surface area contributed by atoms with Crippen LogP contribution in [0.25, 0.3) is 0 Å². The van der Waals surface area contributed by atoms with Gasteiger partial charge in [-0.05, 0) is 56.2 Å². The smallest absolute Gasteiger partial charge is 0.248 e. The van der Waals surface area contributed by atoms with Crippen molar-refractivity contribution in [1.82, 2.24) is 9.88 Å². The van der Waals surface area contributed by atoms with Crippen molar-refractivity contribution in [3.05, 3.63) is 47.8 Å². The van der Waals surface area contributed by atoms with Crippen LogP contribution in [0.2, 0.25) is 0 Å². The number of aryl methyl sites for hydroxylation is 1. The topological polar surface area (TPSA) is 63.7 Å². The molecule has 27 heavy (non-hydrogen) atoms. The first-order valence-corrected chi connectivity index (χ1v) is 9.25. The maximum Gasteiger partial charge on any atom is 0.248 e. The number of pyridine rings is 1. The number of methoxy groups -OCH3 is 2. The minimum Gasteiger partial charge on any atom is -0.497 e. The number of likely N-dealkylation sites (tertiary alicyclic amines) is 1. The maximum absolute atomic E-state index is 12.2. The highest BCUT2D eigenvalue weighted by molar-refractivity contribution is 5.77. The van der Waals surface area contributed by atoms with Gasteiger partial charge in [0, 0.05) is 48.9 Å². The molecule has 1 fully saturated rings. The summed E-state index contributed by atoms with van der Waals surface area (Å²) in [5.74, 6) is 1.12. The maximum atomic E-state index is 12.2. The van der Waals surface area contributed by atoms with Crippen LogP contribution in [-0.2, 0) is 9.53 Å². The number of hydrogen-bond acceptors (Lipinski definition) is 5. The van der Waals surface area contributed by atoms with E-state index in [1.165, 1.54) is 0 Å². The highest BCUT2D eigenvalue weighted by atomic mass is 16.5. The Labute approximate surface area is 160 Å². The number of anilines is 2. The number of rotatable bonds is 6. The summed E-state index contributed by atoms with van der Waals surface area (Å²) in [5, 5.41) is 3.43. The van der Waals surface area contributed by atoms with Gasteiger partial charge in [-0.25, -0.2) is 0 Å². The average molecular weight is 369 g/mol. The molecule has 0 unspecified atom stereocenters. The number of piperidine rings is 1. The lowest BCUT2D eigenvalue weighted by atomic mass is 9.93. The van der Waals surface area contributed by atoms with E-state index in [1.54, 1.807) is 14.2 Å². The summed E-state index contributed by atoms with van der Waals surface area (Å²) in [4.78, 5) is 18.8. The molecule has 144 valence electrons. The minimum atomic E-state index is 0.0476. The Kier molecular flexibility index (Phi) is 6.29. The second-order valence-corrected chi connectivity index (χ2v) is 6.89. The molecule has 1 aromatic heterocycles. The van der Waals surface area contributed by atoms with Crippen LogP contribution in [-0.4, -0.2) is 49.7 Å². The van der Waals surface area contributed by atoms with E-state index in [4.69, 9.17) is 14.5 Å². The van der Waals surface area contributed by atoms with Gasteiger partial charge in [-0.15, -0.1) is 0 Å². The molecule has 2 aromatic rings. The van der Waals surface area contributed by atoms with Crippen molar-refractivity contribution in [3.63, 3.8) is 0 Å². The average Bonchev–Trinajstić information content (AvgIpc) is 2.68. The lowest BCUT2D eigenvalue weighted by Crippen LogP contribution is -2.41. The Morgan fingerprint density at radius 1 is 1.22 bits per heavy atom. The second kappa shape index (κ2) is 8.86. The van der Waals surface area contributed by atoms with Crippen LogP contribution < -0.4 is 10.1 Å². The summed E-state index contributed by atoms with van der Waals surface area (Å²) >= 11 is 0. The van der Waals surface area contributed by atoms with Gasteiger partial charge in [0.15, 0.2) is 0 Å². The minimum absolute atomic E-state index is 0.0476. The van der Waals surface area contributed by atoms with Gasteiger partial charge in [0.05, 0.1) is 7.11 Å². The van der Waals surface area contributed by atoms with E-state index in [9.17, 15) is 4.79 Å². The second-order valence-electron chi connectivity index (χ2n) is 6.89. The van der Waals surface area contributed by atoms with Gasteiger partial charge >= 0.3 is 0 Å². The van der Waals surface area contributed by atoms with E-state index in [0.717, 1.165) is 47.9 Å². The van der Waals surface area contributed by atoms with Crippen LogP contribution in [0.3, 0.4) is 0 Å². The van der Waals surface area contributed by atoms with E-state index < -0.39 is 0 Å². The Balaban J connectivity index is 1.75. The fourth-order valence-corrected chi connectivity index (χ4v) is 3.48. The summed E-state index contributed by atoms with van der Waals surface area (Å²) < 4.78 is 10.2. The van der Waals surface area contributed by atoms with Crippen LogP contribution >= 0.6 is 0 Å². The number of nitrogens with zero attached hydrogens (tertiary/aromatic N) is 2. The number of carbonyl (C=O) groups is 1. The normalized spacial score (nSPS) is 16.9. The van der Waals surface area contributed by atoms with E-state index in [2.05, 4.69) is 11.4 Å². The molecular weight excluding hydrogens is 342 g/mol. The molecule has 1 aromatic carbocycles. The van der Waals surface area contributed by atoms with Crippen molar-refractivity contribution in [3.8, 4) is 5.75 Å². The zero-order chi connectivity index (χ0) is 19.2. The van der Waals surface area contributed by atoms with Crippen LogP contribution in [0.4, 0.5) is 11.4 Å². The fourth-order valence-electron chi connectivity index (χ4n) is 3.48. The summed E-state index contributed by atoms with van der Waals surface area (Å²) in [5.41, 5.74) is 3.99. The summed E-state index contributed by atoms with van der Waals surface area (Å²) in [6.45, 7) is 3.62. The molecule has 0 bridgehead atoms. The molecule has 0 spiro atoms. The Bertz CT molecular complexity index is 777. The molecular formula is C21H27N3O3. The van der Waals surface area contributed by atoms with Crippen molar-refractivity contribution in [2.75, 3.05) is 39.2 Å². The number of benzene rings is 1. The summed E-state index contributed by atoms with van der Waals surface area (Å²) in [6.07, 6.45) is 2.02. The molecule has 3 rings (SSSR count). The molecule has 0 saturated carbocycles.